The third-order valence-corrected chi connectivity index (χ3v) is 4.41. The number of benzene rings is 3. The summed E-state index contributed by atoms with van der Waals surface area (Å²) in [5, 5.41) is 21.8. The Bertz CT molecular complexity index is 1170. The van der Waals surface area contributed by atoms with Crippen LogP contribution in [0.4, 0.5) is 0 Å². The largest absolute Gasteiger partial charge is 0.477 e. The molecule has 0 spiro atoms. The maximum absolute atomic E-state index is 11.7. The maximum atomic E-state index is 11.7. The van der Waals surface area contributed by atoms with E-state index in [1.54, 1.807) is 28.8 Å². The molecule has 0 aliphatic carbocycles. The fourth-order valence-electron chi connectivity index (χ4n) is 3.19. The van der Waals surface area contributed by atoms with Gasteiger partial charge in [0.2, 0.25) is 0 Å². The zero-order chi connectivity index (χ0) is 17.4. The molecule has 0 saturated heterocycles. The number of nitrogens with zero attached hydrogens (tertiary/aromatic N) is 2. The van der Waals surface area contributed by atoms with Gasteiger partial charge in [0, 0.05) is 11.9 Å². The second-order valence-electron chi connectivity index (χ2n) is 5.99. The van der Waals surface area contributed by atoms with Gasteiger partial charge in [-0.15, -0.1) is 0 Å². The average Bonchev–Trinajstić information content (AvgIpc) is 2.99. The topological polar surface area (TPSA) is 66.0 Å². The van der Waals surface area contributed by atoms with Gasteiger partial charge in [-0.25, -0.2) is 4.79 Å². The van der Waals surface area contributed by atoms with E-state index in [4.69, 9.17) is 5.26 Å². The van der Waals surface area contributed by atoms with Crippen molar-refractivity contribution in [1.29, 1.82) is 5.26 Å². The lowest BCUT2D eigenvalue weighted by atomic mass is 10.1. The van der Waals surface area contributed by atoms with Crippen molar-refractivity contribution >= 4 is 27.6 Å². The molecule has 120 valence electrons. The Balaban J connectivity index is 1.87. The van der Waals surface area contributed by atoms with Crippen LogP contribution in [0.25, 0.3) is 21.7 Å². The molecule has 0 radical (unpaired) electrons. The van der Waals surface area contributed by atoms with Gasteiger partial charge in [-0.1, -0.05) is 42.5 Å². The van der Waals surface area contributed by atoms with Crippen LogP contribution in [0.3, 0.4) is 0 Å². The van der Waals surface area contributed by atoms with Crippen molar-refractivity contribution in [3.63, 3.8) is 0 Å². The Kier molecular flexibility index (Phi) is 3.48. The van der Waals surface area contributed by atoms with Crippen LogP contribution < -0.4 is 0 Å². The van der Waals surface area contributed by atoms with Crippen molar-refractivity contribution in [2.75, 3.05) is 0 Å². The van der Waals surface area contributed by atoms with Crippen molar-refractivity contribution in [3.05, 3.63) is 83.6 Å². The number of carboxylic acids is 1. The molecule has 0 saturated carbocycles. The Morgan fingerprint density at radius 1 is 0.960 bits per heavy atom. The predicted molar refractivity (Wildman–Crippen MR) is 96.7 cm³/mol. The Morgan fingerprint density at radius 2 is 1.72 bits per heavy atom. The molecular formula is C21H14N2O2. The summed E-state index contributed by atoms with van der Waals surface area (Å²) >= 11 is 0. The van der Waals surface area contributed by atoms with Crippen LogP contribution in [0.5, 0.6) is 0 Å². The average molecular weight is 326 g/mol. The lowest BCUT2D eigenvalue weighted by molar-refractivity contribution is 0.0686. The van der Waals surface area contributed by atoms with E-state index in [0.717, 1.165) is 27.2 Å². The lowest BCUT2D eigenvalue weighted by Crippen LogP contribution is -2.09. The quantitative estimate of drug-likeness (QED) is 0.606. The van der Waals surface area contributed by atoms with Gasteiger partial charge in [0.1, 0.15) is 5.69 Å². The van der Waals surface area contributed by atoms with Gasteiger partial charge in [-0.3, -0.25) is 0 Å². The second-order valence-corrected chi connectivity index (χ2v) is 5.99. The van der Waals surface area contributed by atoms with Gasteiger partial charge in [0.05, 0.1) is 17.1 Å². The first-order valence-corrected chi connectivity index (χ1v) is 7.90. The highest BCUT2D eigenvalue weighted by atomic mass is 16.4. The van der Waals surface area contributed by atoms with E-state index >= 15 is 0 Å². The number of aromatic carboxylic acids is 1. The fraction of sp³-hybridized carbons (Fsp3) is 0.0476. The second kappa shape index (κ2) is 5.81. The standard InChI is InChI=1S/C21H14N2O2/c22-12-14-5-8-18-11-20(21(24)25)23(19(18)10-14)13-15-6-7-16-3-1-2-4-17(16)9-15/h1-11H,13H2,(H,24,25). The number of nitriles is 1. The van der Waals surface area contributed by atoms with Gasteiger partial charge >= 0.3 is 5.97 Å². The first-order valence-electron chi connectivity index (χ1n) is 7.90. The monoisotopic (exact) mass is 326 g/mol. The zero-order valence-corrected chi connectivity index (χ0v) is 13.3. The third-order valence-electron chi connectivity index (χ3n) is 4.41. The van der Waals surface area contributed by atoms with Crippen LogP contribution in [0, 0.1) is 11.3 Å². The molecule has 0 aliphatic heterocycles. The molecule has 0 amide bonds. The SMILES string of the molecule is N#Cc1ccc2cc(C(=O)O)n(Cc3ccc4ccccc4c3)c2c1. The summed E-state index contributed by atoms with van der Waals surface area (Å²) in [6, 6.07) is 23.2. The van der Waals surface area contributed by atoms with Gasteiger partial charge < -0.3 is 9.67 Å². The fourth-order valence-corrected chi connectivity index (χ4v) is 3.19. The zero-order valence-electron chi connectivity index (χ0n) is 13.3. The summed E-state index contributed by atoms with van der Waals surface area (Å²) in [6.45, 7) is 0.435. The highest BCUT2D eigenvalue weighted by Gasteiger charge is 2.15. The van der Waals surface area contributed by atoms with E-state index in [2.05, 4.69) is 12.1 Å². The minimum atomic E-state index is -0.976. The van der Waals surface area contributed by atoms with E-state index in [1.807, 2.05) is 36.4 Å². The molecule has 0 bridgehead atoms. The molecule has 4 aromatic rings. The molecule has 4 heteroatoms. The lowest BCUT2D eigenvalue weighted by Gasteiger charge is -2.10. The molecule has 25 heavy (non-hydrogen) atoms. The Hall–Kier alpha value is -3.58. The van der Waals surface area contributed by atoms with Gasteiger partial charge in [-0.05, 0) is 40.6 Å². The Labute approximate surface area is 144 Å². The Morgan fingerprint density at radius 3 is 2.48 bits per heavy atom. The van der Waals surface area contributed by atoms with Crippen LogP contribution in [0.2, 0.25) is 0 Å². The number of hydrogen-bond acceptors (Lipinski definition) is 2. The van der Waals surface area contributed by atoms with Crippen molar-refractivity contribution in [1.82, 2.24) is 4.57 Å². The number of carbonyl (C=O) groups is 1. The van der Waals surface area contributed by atoms with Crippen molar-refractivity contribution in [2.45, 2.75) is 6.54 Å². The number of carboxylic acid groups (broad SMARTS) is 1. The maximum Gasteiger partial charge on any atom is 0.352 e. The van der Waals surface area contributed by atoms with Crippen molar-refractivity contribution < 1.29 is 9.90 Å². The highest BCUT2D eigenvalue weighted by molar-refractivity contribution is 5.95. The number of fused-ring (bicyclic) bond motifs is 2. The minimum Gasteiger partial charge on any atom is -0.477 e. The number of rotatable bonds is 3. The molecular weight excluding hydrogens is 312 g/mol. The van der Waals surface area contributed by atoms with Gasteiger partial charge in [-0.2, -0.15) is 5.26 Å². The normalized spacial score (nSPS) is 10.8. The summed E-state index contributed by atoms with van der Waals surface area (Å²) in [6.07, 6.45) is 0. The molecule has 1 N–H and O–H groups in total. The van der Waals surface area contributed by atoms with E-state index in [9.17, 15) is 9.90 Å². The molecule has 0 atom stereocenters. The third kappa shape index (κ3) is 2.62. The smallest absolute Gasteiger partial charge is 0.352 e. The van der Waals surface area contributed by atoms with E-state index < -0.39 is 5.97 Å². The minimum absolute atomic E-state index is 0.221. The molecule has 0 fully saturated rings. The van der Waals surface area contributed by atoms with Crippen molar-refractivity contribution in [2.24, 2.45) is 0 Å². The molecule has 3 aromatic carbocycles. The molecule has 0 unspecified atom stereocenters. The van der Waals surface area contributed by atoms with Crippen molar-refractivity contribution in [3.8, 4) is 6.07 Å². The van der Waals surface area contributed by atoms with E-state index in [-0.39, 0.29) is 5.69 Å². The summed E-state index contributed by atoms with van der Waals surface area (Å²) in [4.78, 5) is 11.7. The summed E-state index contributed by atoms with van der Waals surface area (Å²) in [5.74, 6) is -0.976. The van der Waals surface area contributed by atoms with Crippen LogP contribution in [-0.2, 0) is 6.54 Å². The van der Waals surface area contributed by atoms with Gasteiger partial charge in [0.25, 0.3) is 0 Å². The highest BCUT2D eigenvalue weighted by Crippen LogP contribution is 2.24. The van der Waals surface area contributed by atoms with Crippen LogP contribution in [0.1, 0.15) is 21.6 Å². The number of hydrogen-bond donors (Lipinski definition) is 1. The summed E-state index contributed by atoms with van der Waals surface area (Å²) in [7, 11) is 0. The molecule has 1 aromatic heterocycles. The van der Waals surface area contributed by atoms with E-state index in [1.165, 1.54) is 0 Å². The van der Waals surface area contributed by atoms with Crippen LogP contribution in [0.15, 0.2) is 66.7 Å². The summed E-state index contributed by atoms with van der Waals surface area (Å²) < 4.78 is 1.75. The molecule has 1 heterocycles. The molecule has 4 rings (SSSR count). The van der Waals surface area contributed by atoms with Crippen LogP contribution >= 0.6 is 0 Å². The molecule has 0 aliphatic rings. The van der Waals surface area contributed by atoms with Gasteiger partial charge in [0.15, 0.2) is 0 Å². The summed E-state index contributed by atoms with van der Waals surface area (Å²) in [5.41, 5.74) is 2.51. The number of aromatic nitrogens is 1. The first kappa shape index (κ1) is 15.0. The first-order chi connectivity index (χ1) is 12.2. The predicted octanol–water partition coefficient (Wildman–Crippen LogP) is 4.41. The molecule has 4 nitrogen and oxygen atoms in total. The van der Waals surface area contributed by atoms with E-state index in [0.29, 0.717) is 12.1 Å². The van der Waals surface area contributed by atoms with Crippen LogP contribution in [-0.4, -0.2) is 15.6 Å².